The molecule has 2 rings (SSSR count). The zero-order valence-corrected chi connectivity index (χ0v) is 13.0. The number of carbonyl (C=O) groups excluding carboxylic acids is 1. The Balaban J connectivity index is 0.00000200. The molecule has 2 atom stereocenters. The summed E-state index contributed by atoms with van der Waals surface area (Å²) in [5, 5.41) is 10.4. The molecule has 0 bridgehead atoms. The highest BCUT2D eigenvalue weighted by atomic mass is 35.5. The van der Waals surface area contributed by atoms with Crippen molar-refractivity contribution in [3.05, 3.63) is 17.5 Å². The topological polar surface area (TPSA) is 68.2 Å². The van der Waals surface area contributed by atoms with Crippen molar-refractivity contribution in [2.75, 3.05) is 20.2 Å². The molecule has 1 unspecified atom stereocenters. The van der Waals surface area contributed by atoms with E-state index in [0.717, 1.165) is 30.8 Å². The molecule has 7 heteroatoms. The monoisotopic (exact) mass is 302 g/mol. The Kier molecular flexibility index (Phi) is 6.45. The van der Waals surface area contributed by atoms with E-state index in [1.54, 1.807) is 7.11 Å². The van der Waals surface area contributed by atoms with Crippen LogP contribution in [0.25, 0.3) is 0 Å². The van der Waals surface area contributed by atoms with E-state index in [4.69, 9.17) is 4.74 Å². The molecule has 0 saturated carbocycles. The Bertz CT molecular complexity index is 450. The molecule has 1 aliphatic heterocycles. The largest absolute Gasteiger partial charge is 0.378 e. The maximum atomic E-state index is 11.9. The van der Waals surface area contributed by atoms with E-state index < -0.39 is 0 Å². The lowest BCUT2D eigenvalue weighted by atomic mass is 10.1. The van der Waals surface area contributed by atoms with Gasteiger partial charge in [-0.2, -0.15) is 5.10 Å². The van der Waals surface area contributed by atoms with Gasteiger partial charge >= 0.3 is 0 Å². The number of ether oxygens (including phenoxy) is 1. The third-order valence-electron chi connectivity index (χ3n) is 3.77. The zero-order chi connectivity index (χ0) is 13.8. The van der Waals surface area contributed by atoms with E-state index >= 15 is 0 Å². The van der Waals surface area contributed by atoms with Crippen LogP contribution in [0.2, 0.25) is 0 Å². The van der Waals surface area contributed by atoms with Crippen LogP contribution in [0, 0.1) is 6.92 Å². The van der Waals surface area contributed by atoms with Gasteiger partial charge in [0.2, 0.25) is 5.91 Å². The maximum Gasteiger partial charge on any atom is 0.220 e. The van der Waals surface area contributed by atoms with Crippen LogP contribution < -0.4 is 10.6 Å². The number of methoxy groups -OCH3 is 1. The lowest BCUT2D eigenvalue weighted by Crippen LogP contribution is -2.43. The van der Waals surface area contributed by atoms with Gasteiger partial charge in [-0.05, 0) is 18.9 Å². The second-order valence-electron chi connectivity index (χ2n) is 4.99. The molecule has 1 aromatic rings. The highest BCUT2D eigenvalue weighted by Gasteiger charge is 2.27. The summed E-state index contributed by atoms with van der Waals surface area (Å²) in [6, 6.07) is 0.0764. The number of nitrogens with one attached hydrogen (secondary N) is 2. The number of carbonyl (C=O) groups is 1. The van der Waals surface area contributed by atoms with Crippen molar-refractivity contribution >= 4 is 18.3 Å². The van der Waals surface area contributed by atoms with Gasteiger partial charge in [0.25, 0.3) is 0 Å². The molecule has 1 saturated heterocycles. The number of hydrogen-bond acceptors (Lipinski definition) is 4. The van der Waals surface area contributed by atoms with Crippen LogP contribution in [0.3, 0.4) is 0 Å². The second kappa shape index (κ2) is 7.61. The number of nitrogens with zero attached hydrogens (tertiary/aromatic N) is 2. The van der Waals surface area contributed by atoms with E-state index in [1.165, 1.54) is 0 Å². The summed E-state index contributed by atoms with van der Waals surface area (Å²) in [6.07, 6.45) is 3.12. The summed E-state index contributed by atoms with van der Waals surface area (Å²) in [4.78, 5) is 11.9. The van der Waals surface area contributed by atoms with Gasteiger partial charge < -0.3 is 15.4 Å². The van der Waals surface area contributed by atoms with Gasteiger partial charge in [-0.15, -0.1) is 12.4 Å². The van der Waals surface area contributed by atoms with Crippen molar-refractivity contribution < 1.29 is 9.53 Å². The molecule has 1 amide bonds. The van der Waals surface area contributed by atoms with Crippen molar-refractivity contribution in [2.24, 2.45) is 7.05 Å². The van der Waals surface area contributed by atoms with Gasteiger partial charge in [0, 0.05) is 39.4 Å². The maximum absolute atomic E-state index is 11.9. The van der Waals surface area contributed by atoms with Crippen LogP contribution in [-0.2, 0) is 23.0 Å². The molecule has 114 valence electrons. The predicted octanol–water partition coefficient (Wildman–Crippen LogP) is 0.186. The Morgan fingerprint density at radius 1 is 1.60 bits per heavy atom. The first-order chi connectivity index (χ1) is 9.11. The molecule has 6 nitrogen and oxygen atoms in total. The Hall–Kier alpha value is -1.11. The van der Waals surface area contributed by atoms with Gasteiger partial charge in [-0.1, -0.05) is 0 Å². The van der Waals surface area contributed by atoms with Crippen LogP contribution in [0.5, 0.6) is 0 Å². The smallest absolute Gasteiger partial charge is 0.220 e. The first-order valence-corrected chi connectivity index (χ1v) is 6.62. The molecule has 0 aliphatic carbocycles. The molecule has 0 radical (unpaired) electrons. The summed E-state index contributed by atoms with van der Waals surface area (Å²) in [5.74, 6) is 0.0685. The number of aromatic nitrogens is 2. The molecule has 0 aromatic carbocycles. The average molecular weight is 303 g/mol. The molecular formula is C13H23ClN4O2. The van der Waals surface area contributed by atoms with Gasteiger partial charge in [-0.3, -0.25) is 9.48 Å². The quantitative estimate of drug-likeness (QED) is 0.814. The van der Waals surface area contributed by atoms with E-state index in [-0.39, 0.29) is 30.5 Å². The fourth-order valence-corrected chi connectivity index (χ4v) is 2.36. The van der Waals surface area contributed by atoms with Crippen molar-refractivity contribution in [2.45, 2.75) is 31.9 Å². The van der Waals surface area contributed by atoms with E-state index in [0.29, 0.717) is 6.42 Å². The number of rotatable bonds is 5. The summed E-state index contributed by atoms with van der Waals surface area (Å²) >= 11 is 0. The van der Waals surface area contributed by atoms with Gasteiger partial charge in [-0.25, -0.2) is 0 Å². The van der Waals surface area contributed by atoms with Crippen molar-refractivity contribution in [3.8, 4) is 0 Å². The molecule has 1 aromatic heterocycles. The summed E-state index contributed by atoms with van der Waals surface area (Å²) in [7, 11) is 3.59. The van der Waals surface area contributed by atoms with Gasteiger partial charge in [0.15, 0.2) is 0 Å². The zero-order valence-electron chi connectivity index (χ0n) is 12.2. The Morgan fingerprint density at radius 3 is 2.95 bits per heavy atom. The molecule has 20 heavy (non-hydrogen) atoms. The second-order valence-corrected chi connectivity index (χ2v) is 4.99. The van der Waals surface area contributed by atoms with Crippen LogP contribution in [0.4, 0.5) is 0 Å². The van der Waals surface area contributed by atoms with E-state index in [9.17, 15) is 4.79 Å². The normalized spacial score (nSPS) is 21.6. The van der Waals surface area contributed by atoms with E-state index in [1.807, 2.05) is 24.9 Å². The highest BCUT2D eigenvalue weighted by Crippen LogP contribution is 2.09. The molecule has 1 fully saturated rings. The fraction of sp³-hybridized carbons (Fsp3) is 0.692. The average Bonchev–Trinajstić information content (AvgIpc) is 2.96. The predicted molar refractivity (Wildman–Crippen MR) is 79.1 cm³/mol. The lowest BCUT2D eigenvalue weighted by Gasteiger charge is -2.18. The third-order valence-corrected chi connectivity index (χ3v) is 3.77. The minimum Gasteiger partial charge on any atom is -0.378 e. The fourth-order valence-electron chi connectivity index (χ4n) is 2.36. The van der Waals surface area contributed by atoms with Crippen molar-refractivity contribution in [1.82, 2.24) is 20.4 Å². The molecule has 0 spiro atoms. The van der Waals surface area contributed by atoms with Crippen LogP contribution in [-0.4, -0.2) is 48.0 Å². The first kappa shape index (κ1) is 16.9. The standard InChI is InChI=1S/C13H22N4O2.ClH/c1-9-10(6-15-17(9)2)4-5-13(18)16-11-7-14-8-12(11)19-3;/h6,11-12,14H,4-5,7-8H2,1-3H3,(H,16,18);1H/t11?,12-;/m0./s1. The van der Waals surface area contributed by atoms with Crippen LogP contribution >= 0.6 is 12.4 Å². The summed E-state index contributed by atoms with van der Waals surface area (Å²) in [5.41, 5.74) is 2.25. The number of hydrogen-bond donors (Lipinski definition) is 2. The molecular weight excluding hydrogens is 280 g/mol. The number of halogens is 1. The van der Waals surface area contributed by atoms with Gasteiger partial charge in [0.1, 0.15) is 0 Å². The van der Waals surface area contributed by atoms with Crippen molar-refractivity contribution in [3.63, 3.8) is 0 Å². The lowest BCUT2D eigenvalue weighted by molar-refractivity contribution is -0.122. The summed E-state index contributed by atoms with van der Waals surface area (Å²) < 4.78 is 7.15. The summed E-state index contributed by atoms with van der Waals surface area (Å²) in [6.45, 7) is 3.58. The Labute approximate surface area is 125 Å². The number of aryl methyl sites for hydroxylation is 2. The number of amides is 1. The van der Waals surface area contributed by atoms with Gasteiger partial charge in [0.05, 0.1) is 18.3 Å². The SMILES string of the molecule is CO[C@H]1CNCC1NC(=O)CCc1cnn(C)c1C.Cl. The van der Waals surface area contributed by atoms with Crippen molar-refractivity contribution in [1.29, 1.82) is 0 Å². The Morgan fingerprint density at radius 2 is 2.35 bits per heavy atom. The molecule has 2 heterocycles. The van der Waals surface area contributed by atoms with Crippen LogP contribution in [0.15, 0.2) is 6.20 Å². The minimum atomic E-state index is 0. The minimum absolute atomic E-state index is 0. The molecule has 1 aliphatic rings. The molecule has 2 N–H and O–H groups in total. The first-order valence-electron chi connectivity index (χ1n) is 6.62. The van der Waals surface area contributed by atoms with Crippen LogP contribution in [0.1, 0.15) is 17.7 Å². The highest BCUT2D eigenvalue weighted by molar-refractivity contribution is 5.85. The van der Waals surface area contributed by atoms with E-state index in [2.05, 4.69) is 15.7 Å². The third kappa shape index (κ3) is 3.94.